The maximum Gasteiger partial charge on any atom is 0.573 e. The van der Waals surface area contributed by atoms with Crippen LogP contribution in [0.2, 0.25) is 0 Å². The minimum atomic E-state index is -4.77. The molecule has 0 amide bonds. The lowest BCUT2D eigenvalue weighted by molar-refractivity contribution is -0.274. The molecule has 0 atom stereocenters. The standard InChI is InChI=1S/C12H7BrF3N3O/c1-7-2-9(20-12(14,15)16)3-10(13)11(7)19-6-8(4-17)5-18/h2-3,6,19H,1H3. The predicted octanol–water partition coefficient (Wildman–Crippen LogP) is 4.00. The van der Waals surface area contributed by atoms with Crippen LogP contribution in [0.4, 0.5) is 18.9 Å². The van der Waals surface area contributed by atoms with E-state index >= 15 is 0 Å². The molecule has 1 N–H and O–H groups in total. The number of nitrogens with zero attached hydrogens (tertiary/aromatic N) is 2. The van der Waals surface area contributed by atoms with Gasteiger partial charge in [-0.2, -0.15) is 10.5 Å². The fraction of sp³-hybridized carbons (Fsp3) is 0.167. The Kier molecular flexibility index (Phi) is 5.00. The number of hydrogen-bond acceptors (Lipinski definition) is 4. The van der Waals surface area contributed by atoms with Crippen molar-refractivity contribution in [2.75, 3.05) is 5.32 Å². The minimum Gasteiger partial charge on any atom is -0.406 e. The van der Waals surface area contributed by atoms with Gasteiger partial charge in [0.15, 0.2) is 0 Å². The third kappa shape index (κ3) is 4.48. The summed E-state index contributed by atoms with van der Waals surface area (Å²) in [7, 11) is 0. The van der Waals surface area contributed by atoms with E-state index in [0.717, 1.165) is 12.3 Å². The molecule has 0 heterocycles. The highest BCUT2D eigenvalue weighted by atomic mass is 79.9. The normalized spacial score (nSPS) is 10.2. The van der Waals surface area contributed by atoms with Crippen molar-refractivity contribution < 1.29 is 17.9 Å². The molecule has 0 saturated carbocycles. The van der Waals surface area contributed by atoms with Crippen molar-refractivity contribution in [2.24, 2.45) is 0 Å². The Morgan fingerprint density at radius 1 is 1.35 bits per heavy atom. The molecule has 20 heavy (non-hydrogen) atoms. The lowest BCUT2D eigenvalue weighted by Gasteiger charge is -2.13. The molecule has 0 fully saturated rings. The maximum atomic E-state index is 12.1. The molecule has 0 radical (unpaired) electrons. The van der Waals surface area contributed by atoms with Gasteiger partial charge in [-0.05, 0) is 40.5 Å². The van der Waals surface area contributed by atoms with E-state index in [0.29, 0.717) is 15.7 Å². The van der Waals surface area contributed by atoms with Crippen LogP contribution in [0.15, 0.2) is 28.4 Å². The van der Waals surface area contributed by atoms with Gasteiger partial charge in [-0.25, -0.2) is 0 Å². The zero-order valence-corrected chi connectivity index (χ0v) is 11.6. The average Bonchev–Trinajstić information content (AvgIpc) is 2.30. The number of aryl methyl sites for hydroxylation is 1. The summed E-state index contributed by atoms with van der Waals surface area (Å²) in [4.78, 5) is 0. The number of allylic oxidation sites excluding steroid dienone is 1. The molecule has 1 aromatic carbocycles. The lowest BCUT2D eigenvalue weighted by Crippen LogP contribution is -2.17. The molecule has 0 bridgehead atoms. The van der Waals surface area contributed by atoms with Crippen LogP contribution in [-0.2, 0) is 0 Å². The summed E-state index contributed by atoms with van der Waals surface area (Å²) in [5.74, 6) is -0.364. The molecule has 1 aromatic rings. The van der Waals surface area contributed by atoms with Gasteiger partial charge >= 0.3 is 6.36 Å². The summed E-state index contributed by atoms with van der Waals surface area (Å²) in [5.41, 5.74) is 0.722. The van der Waals surface area contributed by atoms with Crippen LogP contribution in [0.5, 0.6) is 5.75 Å². The van der Waals surface area contributed by atoms with Crippen molar-refractivity contribution in [3.8, 4) is 17.9 Å². The van der Waals surface area contributed by atoms with Crippen molar-refractivity contribution in [3.63, 3.8) is 0 Å². The molecule has 0 saturated heterocycles. The molecule has 0 spiro atoms. The molecule has 8 heteroatoms. The van der Waals surface area contributed by atoms with E-state index in [1.165, 1.54) is 6.07 Å². The summed E-state index contributed by atoms with van der Waals surface area (Å²) < 4.78 is 40.5. The number of rotatable bonds is 3. The van der Waals surface area contributed by atoms with Gasteiger partial charge < -0.3 is 10.1 Å². The molecular formula is C12H7BrF3N3O. The van der Waals surface area contributed by atoms with Crippen molar-refractivity contribution >= 4 is 21.6 Å². The molecule has 4 nitrogen and oxygen atoms in total. The summed E-state index contributed by atoms with van der Waals surface area (Å²) in [6.07, 6.45) is -3.60. The van der Waals surface area contributed by atoms with Crippen LogP contribution in [0.25, 0.3) is 0 Å². The Morgan fingerprint density at radius 2 is 1.95 bits per heavy atom. The van der Waals surface area contributed by atoms with Gasteiger partial charge in [-0.1, -0.05) is 0 Å². The Balaban J connectivity index is 3.05. The average molecular weight is 346 g/mol. The second-order valence-electron chi connectivity index (χ2n) is 3.57. The first-order valence-electron chi connectivity index (χ1n) is 5.09. The first kappa shape index (κ1) is 15.9. The zero-order valence-electron chi connectivity index (χ0n) is 10.0. The van der Waals surface area contributed by atoms with E-state index < -0.39 is 6.36 Å². The van der Waals surface area contributed by atoms with Crippen molar-refractivity contribution in [2.45, 2.75) is 13.3 Å². The minimum absolute atomic E-state index is 0.160. The number of nitriles is 2. The highest BCUT2D eigenvalue weighted by molar-refractivity contribution is 9.10. The topological polar surface area (TPSA) is 68.8 Å². The van der Waals surface area contributed by atoms with Gasteiger partial charge in [-0.3, -0.25) is 0 Å². The van der Waals surface area contributed by atoms with Gasteiger partial charge in [-0.15, -0.1) is 13.2 Å². The van der Waals surface area contributed by atoms with Gasteiger partial charge in [0, 0.05) is 10.7 Å². The predicted molar refractivity (Wildman–Crippen MR) is 68.5 cm³/mol. The van der Waals surface area contributed by atoms with E-state index in [2.05, 4.69) is 26.0 Å². The van der Waals surface area contributed by atoms with Gasteiger partial charge in [0.2, 0.25) is 0 Å². The third-order valence-electron chi connectivity index (χ3n) is 2.10. The number of hydrogen-bond donors (Lipinski definition) is 1. The van der Waals surface area contributed by atoms with E-state index in [1.54, 1.807) is 19.1 Å². The summed E-state index contributed by atoms with van der Waals surface area (Å²) in [6, 6.07) is 5.63. The Bertz CT molecular complexity index is 587. The highest BCUT2D eigenvalue weighted by Crippen LogP contribution is 2.33. The second kappa shape index (κ2) is 6.31. The Labute approximate surface area is 121 Å². The van der Waals surface area contributed by atoms with Crippen molar-refractivity contribution in [3.05, 3.63) is 33.9 Å². The lowest BCUT2D eigenvalue weighted by atomic mass is 10.2. The molecule has 1 rings (SSSR count). The SMILES string of the molecule is Cc1cc(OC(F)(F)F)cc(Br)c1NC=C(C#N)C#N. The van der Waals surface area contributed by atoms with Crippen LogP contribution >= 0.6 is 15.9 Å². The number of ether oxygens (including phenoxy) is 1. The van der Waals surface area contributed by atoms with Crippen LogP contribution in [0, 0.1) is 29.6 Å². The Morgan fingerprint density at radius 3 is 2.40 bits per heavy atom. The zero-order chi connectivity index (χ0) is 15.3. The second-order valence-corrected chi connectivity index (χ2v) is 4.43. The number of nitrogens with one attached hydrogen (secondary N) is 1. The van der Waals surface area contributed by atoms with Crippen LogP contribution in [0.3, 0.4) is 0 Å². The summed E-state index contributed by atoms with van der Waals surface area (Å²) >= 11 is 3.09. The van der Waals surface area contributed by atoms with Gasteiger partial charge in [0.25, 0.3) is 0 Å². The Hall–Kier alpha value is -2.19. The third-order valence-corrected chi connectivity index (χ3v) is 2.72. The quantitative estimate of drug-likeness (QED) is 0.840. The van der Waals surface area contributed by atoms with E-state index in [4.69, 9.17) is 10.5 Å². The van der Waals surface area contributed by atoms with Crippen molar-refractivity contribution in [1.29, 1.82) is 10.5 Å². The molecule has 0 aliphatic rings. The molecule has 0 aromatic heterocycles. The number of benzene rings is 1. The molecule has 104 valence electrons. The van der Waals surface area contributed by atoms with E-state index in [1.807, 2.05) is 0 Å². The van der Waals surface area contributed by atoms with Gasteiger partial charge in [0.1, 0.15) is 23.5 Å². The van der Waals surface area contributed by atoms with Crippen molar-refractivity contribution in [1.82, 2.24) is 0 Å². The molecular weight excluding hydrogens is 339 g/mol. The fourth-order valence-electron chi connectivity index (χ4n) is 1.32. The van der Waals surface area contributed by atoms with E-state index in [9.17, 15) is 13.2 Å². The van der Waals surface area contributed by atoms with Crippen LogP contribution in [0.1, 0.15) is 5.56 Å². The summed E-state index contributed by atoms with van der Waals surface area (Å²) in [5, 5.41) is 19.8. The van der Waals surface area contributed by atoms with Gasteiger partial charge in [0.05, 0.1) is 5.69 Å². The van der Waals surface area contributed by atoms with E-state index in [-0.39, 0.29) is 11.3 Å². The number of alkyl halides is 3. The van der Waals surface area contributed by atoms with Crippen LogP contribution < -0.4 is 10.1 Å². The molecule has 0 aliphatic heterocycles. The first-order valence-corrected chi connectivity index (χ1v) is 5.89. The van der Waals surface area contributed by atoms with Crippen LogP contribution in [-0.4, -0.2) is 6.36 Å². The fourth-order valence-corrected chi connectivity index (χ4v) is 1.97. The molecule has 0 unspecified atom stereocenters. The monoisotopic (exact) mass is 345 g/mol. The largest absolute Gasteiger partial charge is 0.573 e. The molecule has 0 aliphatic carbocycles. The smallest absolute Gasteiger partial charge is 0.406 e. The maximum absolute atomic E-state index is 12.1. The number of halogens is 4. The summed E-state index contributed by atoms with van der Waals surface area (Å²) in [6.45, 7) is 1.56. The highest BCUT2D eigenvalue weighted by Gasteiger charge is 2.31. The number of anilines is 1. The first-order chi connectivity index (χ1) is 9.26.